The van der Waals surface area contributed by atoms with Gasteiger partial charge in [0.1, 0.15) is 0 Å². The average Bonchev–Trinajstić information content (AvgIpc) is 3.14. The van der Waals surface area contributed by atoms with Crippen molar-refractivity contribution in [3.8, 4) is 0 Å². The van der Waals surface area contributed by atoms with Crippen molar-refractivity contribution in [1.29, 1.82) is 0 Å². The maximum absolute atomic E-state index is 12.9. The first-order valence-corrected chi connectivity index (χ1v) is 12.9. The molecule has 2 aromatic carbocycles. The molecular formula is C23H25N3O3S2. The van der Waals surface area contributed by atoms with Crippen molar-refractivity contribution < 1.29 is 13.2 Å². The summed E-state index contributed by atoms with van der Waals surface area (Å²) in [7, 11) is -3.36. The number of hydrogen-bond acceptors (Lipinski definition) is 7. The lowest BCUT2D eigenvalue weighted by Gasteiger charge is -2.21. The van der Waals surface area contributed by atoms with Gasteiger partial charge in [0.05, 0.1) is 16.0 Å². The summed E-state index contributed by atoms with van der Waals surface area (Å²) in [6.07, 6.45) is 3.77. The maximum atomic E-state index is 12.9. The number of benzene rings is 2. The van der Waals surface area contributed by atoms with Crippen molar-refractivity contribution in [3.63, 3.8) is 0 Å². The van der Waals surface area contributed by atoms with E-state index in [0.717, 1.165) is 50.5 Å². The predicted octanol–water partition coefficient (Wildman–Crippen LogP) is 3.49. The van der Waals surface area contributed by atoms with Crippen LogP contribution in [-0.2, 0) is 16.4 Å². The van der Waals surface area contributed by atoms with Crippen molar-refractivity contribution in [2.24, 2.45) is 0 Å². The third kappa shape index (κ3) is 5.39. The largest absolute Gasteiger partial charge is 0.347 e. The van der Waals surface area contributed by atoms with Gasteiger partial charge in [0.15, 0.2) is 15.0 Å². The fraction of sp³-hybridized carbons (Fsp3) is 0.304. The maximum Gasteiger partial charge on any atom is 0.204 e. The zero-order chi connectivity index (χ0) is 21.8. The molecule has 31 heavy (non-hydrogen) atoms. The zero-order valence-corrected chi connectivity index (χ0v) is 19.0. The van der Waals surface area contributed by atoms with Crippen LogP contribution in [0.5, 0.6) is 0 Å². The SMILES string of the molecule is CS(=O)(=O)c1cccc(C(=O)c2cnc(N3CCCN(Cc4ccccc4)CC3)s2)c1. The van der Waals surface area contributed by atoms with Crippen LogP contribution in [0.15, 0.2) is 65.7 Å². The number of anilines is 1. The molecule has 0 saturated carbocycles. The van der Waals surface area contributed by atoms with Crippen LogP contribution >= 0.6 is 11.3 Å². The van der Waals surface area contributed by atoms with Crippen LogP contribution in [0, 0.1) is 0 Å². The van der Waals surface area contributed by atoms with Crippen molar-refractivity contribution in [2.75, 3.05) is 37.3 Å². The van der Waals surface area contributed by atoms with Gasteiger partial charge in [-0.05, 0) is 24.1 Å². The molecule has 0 spiro atoms. The minimum absolute atomic E-state index is 0.147. The molecule has 2 heterocycles. The van der Waals surface area contributed by atoms with Crippen molar-refractivity contribution in [3.05, 3.63) is 76.8 Å². The topological polar surface area (TPSA) is 70.6 Å². The number of thiazole rings is 1. The minimum atomic E-state index is -3.36. The highest BCUT2D eigenvalue weighted by Crippen LogP contribution is 2.26. The van der Waals surface area contributed by atoms with E-state index in [1.54, 1.807) is 18.3 Å². The van der Waals surface area contributed by atoms with Gasteiger partial charge in [-0.1, -0.05) is 53.8 Å². The van der Waals surface area contributed by atoms with Crippen LogP contribution in [0.1, 0.15) is 27.2 Å². The monoisotopic (exact) mass is 455 g/mol. The first-order chi connectivity index (χ1) is 14.9. The number of carbonyl (C=O) groups is 1. The average molecular weight is 456 g/mol. The molecule has 0 aliphatic carbocycles. The van der Waals surface area contributed by atoms with Gasteiger partial charge >= 0.3 is 0 Å². The molecule has 0 atom stereocenters. The van der Waals surface area contributed by atoms with E-state index in [1.165, 1.54) is 29.0 Å². The number of sulfone groups is 1. The quantitative estimate of drug-likeness (QED) is 0.530. The second kappa shape index (κ2) is 9.30. The Balaban J connectivity index is 1.43. The molecular weight excluding hydrogens is 430 g/mol. The van der Waals surface area contributed by atoms with E-state index in [4.69, 9.17) is 0 Å². The van der Waals surface area contributed by atoms with Crippen LogP contribution in [-0.4, -0.2) is 56.5 Å². The van der Waals surface area contributed by atoms with Gasteiger partial charge in [0.2, 0.25) is 5.78 Å². The molecule has 0 N–H and O–H groups in total. The Morgan fingerprint density at radius 1 is 1.03 bits per heavy atom. The summed E-state index contributed by atoms with van der Waals surface area (Å²) in [5, 5.41) is 0.837. The summed E-state index contributed by atoms with van der Waals surface area (Å²) in [6, 6.07) is 16.7. The normalized spacial score (nSPS) is 15.6. The summed E-state index contributed by atoms with van der Waals surface area (Å²) in [5.41, 5.74) is 1.68. The number of ketones is 1. The van der Waals surface area contributed by atoms with Crippen molar-refractivity contribution >= 4 is 32.1 Å². The standard InChI is InChI=1S/C23H25N3O3S2/c1-31(28,29)20-10-5-9-19(15-20)22(27)21-16-24-23(30-21)26-12-6-11-25(13-14-26)17-18-7-3-2-4-8-18/h2-5,7-10,15-16H,6,11-14,17H2,1H3. The lowest BCUT2D eigenvalue weighted by Crippen LogP contribution is -2.30. The van der Waals surface area contributed by atoms with E-state index >= 15 is 0 Å². The van der Waals surface area contributed by atoms with E-state index in [0.29, 0.717) is 10.4 Å². The smallest absolute Gasteiger partial charge is 0.204 e. The molecule has 1 aliphatic heterocycles. The highest BCUT2D eigenvalue weighted by molar-refractivity contribution is 7.90. The number of aromatic nitrogens is 1. The summed E-state index contributed by atoms with van der Waals surface area (Å²) in [4.78, 5) is 22.7. The summed E-state index contributed by atoms with van der Waals surface area (Å²) < 4.78 is 23.6. The molecule has 1 fully saturated rings. The van der Waals surface area contributed by atoms with Crippen molar-refractivity contribution in [2.45, 2.75) is 17.9 Å². The molecule has 3 aromatic rings. The Morgan fingerprint density at radius 3 is 2.61 bits per heavy atom. The molecule has 6 nitrogen and oxygen atoms in total. The molecule has 1 aliphatic rings. The minimum Gasteiger partial charge on any atom is -0.347 e. The fourth-order valence-electron chi connectivity index (χ4n) is 3.69. The third-order valence-electron chi connectivity index (χ3n) is 5.35. The first kappa shape index (κ1) is 21.7. The van der Waals surface area contributed by atoms with Crippen LogP contribution in [0.2, 0.25) is 0 Å². The third-order valence-corrected chi connectivity index (χ3v) is 7.52. The van der Waals surface area contributed by atoms with Gasteiger partial charge in [-0.25, -0.2) is 13.4 Å². The van der Waals surface area contributed by atoms with Crippen LogP contribution in [0.25, 0.3) is 0 Å². The van der Waals surface area contributed by atoms with Gasteiger partial charge in [0.25, 0.3) is 0 Å². The lowest BCUT2D eigenvalue weighted by atomic mass is 10.1. The zero-order valence-electron chi connectivity index (χ0n) is 17.4. The molecule has 1 saturated heterocycles. The number of rotatable bonds is 6. The predicted molar refractivity (Wildman–Crippen MR) is 124 cm³/mol. The van der Waals surface area contributed by atoms with E-state index < -0.39 is 9.84 Å². The van der Waals surface area contributed by atoms with Gasteiger partial charge in [-0.15, -0.1) is 0 Å². The molecule has 1 aromatic heterocycles. The van der Waals surface area contributed by atoms with Gasteiger partial charge < -0.3 is 4.90 Å². The second-order valence-corrected chi connectivity index (χ2v) is 10.8. The Morgan fingerprint density at radius 2 is 1.84 bits per heavy atom. The van der Waals surface area contributed by atoms with Crippen LogP contribution in [0.4, 0.5) is 5.13 Å². The molecule has 0 unspecified atom stereocenters. The molecule has 0 radical (unpaired) electrons. The second-order valence-electron chi connectivity index (χ2n) is 7.74. The van der Waals surface area contributed by atoms with E-state index in [-0.39, 0.29) is 10.7 Å². The Bertz CT molecular complexity index is 1160. The van der Waals surface area contributed by atoms with Crippen LogP contribution in [0.3, 0.4) is 0 Å². The Labute approximate surface area is 187 Å². The fourth-order valence-corrected chi connectivity index (χ4v) is 5.28. The Hall–Kier alpha value is -2.55. The summed E-state index contributed by atoms with van der Waals surface area (Å²) in [5.74, 6) is -0.199. The van der Waals surface area contributed by atoms with E-state index in [1.807, 2.05) is 6.07 Å². The molecule has 0 bridgehead atoms. The first-order valence-electron chi connectivity index (χ1n) is 10.2. The van der Waals surface area contributed by atoms with Crippen molar-refractivity contribution in [1.82, 2.24) is 9.88 Å². The van der Waals surface area contributed by atoms with E-state index in [2.05, 4.69) is 39.0 Å². The highest BCUT2D eigenvalue weighted by Gasteiger charge is 2.20. The molecule has 8 heteroatoms. The number of carbonyl (C=O) groups excluding carboxylic acids is 1. The summed E-state index contributed by atoms with van der Waals surface area (Å²) in [6.45, 7) is 4.66. The molecule has 162 valence electrons. The number of nitrogens with zero attached hydrogens (tertiary/aromatic N) is 3. The van der Waals surface area contributed by atoms with Gasteiger partial charge in [0, 0.05) is 44.5 Å². The van der Waals surface area contributed by atoms with Gasteiger partial charge in [-0.2, -0.15) is 0 Å². The molecule has 0 amide bonds. The van der Waals surface area contributed by atoms with Crippen LogP contribution < -0.4 is 4.90 Å². The highest BCUT2D eigenvalue weighted by atomic mass is 32.2. The number of hydrogen-bond donors (Lipinski definition) is 0. The van der Waals surface area contributed by atoms with E-state index in [9.17, 15) is 13.2 Å². The Kier molecular flexibility index (Phi) is 6.50. The van der Waals surface area contributed by atoms with Gasteiger partial charge in [-0.3, -0.25) is 9.69 Å². The lowest BCUT2D eigenvalue weighted by molar-refractivity contribution is 0.104. The summed E-state index contributed by atoms with van der Waals surface area (Å²) >= 11 is 1.37. The molecule has 4 rings (SSSR count).